The summed E-state index contributed by atoms with van der Waals surface area (Å²) in [6.07, 6.45) is 0. The van der Waals surface area contributed by atoms with E-state index in [0.717, 1.165) is 10.9 Å². The van der Waals surface area contributed by atoms with Crippen molar-refractivity contribution in [1.29, 1.82) is 0 Å². The quantitative estimate of drug-likeness (QED) is 0.786. The number of nitrogens with one attached hydrogen (secondary N) is 1. The van der Waals surface area contributed by atoms with Crippen molar-refractivity contribution in [3.05, 3.63) is 30.0 Å². The zero-order chi connectivity index (χ0) is 11.0. The van der Waals surface area contributed by atoms with Gasteiger partial charge < -0.3 is 15.0 Å². The second-order valence-electron chi connectivity index (χ2n) is 3.88. The molecule has 0 fully saturated rings. The zero-order valence-corrected chi connectivity index (χ0v) is 9.28. The van der Waals surface area contributed by atoms with Gasteiger partial charge in [0.05, 0.1) is 5.52 Å². The number of aromatic nitrogens is 1. The number of hydrogen-bond donors (Lipinski definition) is 2. The van der Waals surface area contributed by atoms with Crippen LogP contribution in [0.15, 0.2) is 24.3 Å². The molecule has 2 rings (SSSR count). The highest BCUT2D eigenvalue weighted by atomic mass is 16.3. The Morgan fingerprint density at radius 2 is 2.07 bits per heavy atom. The molecule has 0 saturated carbocycles. The van der Waals surface area contributed by atoms with Crippen molar-refractivity contribution in [3.8, 4) is 5.75 Å². The molecular weight excluding hydrogens is 188 g/mol. The van der Waals surface area contributed by atoms with Gasteiger partial charge in [0.1, 0.15) is 5.75 Å². The van der Waals surface area contributed by atoms with E-state index in [2.05, 4.69) is 22.9 Å². The van der Waals surface area contributed by atoms with Crippen LogP contribution in [-0.4, -0.2) is 16.7 Å². The molecule has 0 amide bonds. The molecule has 2 N–H and O–H groups in total. The average molecular weight is 204 g/mol. The van der Waals surface area contributed by atoms with Crippen LogP contribution in [0.3, 0.4) is 0 Å². The first-order valence-corrected chi connectivity index (χ1v) is 5.09. The number of fused-ring (bicyclic) bond motifs is 1. The largest absolute Gasteiger partial charge is 0.508 e. The maximum absolute atomic E-state index is 9.43. The Labute approximate surface area is 89.3 Å². The number of hydrogen-bond acceptors (Lipinski definition) is 2. The van der Waals surface area contributed by atoms with Crippen LogP contribution in [-0.2, 0) is 7.05 Å². The third-order valence-electron chi connectivity index (χ3n) is 2.94. The van der Waals surface area contributed by atoms with E-state index in [1.54, 1.807) is 12.1 Å². The van der Waals surface area contributed by atoms with Gasteiger partial charge in [0.25, 0.3) is 0 Å². The molecular formula is C12H16N2O. The van der Waals surface area contributed by atoms with Gasteiger partial charge >= 0.3 is 0 Å². The molecule has 1 aromatic carbocycles. The third-order valence-corrected chi connectivity index (χ3v) is 2.94. The number of benzene rings is 1. The molecule has 0 aliphatic rings. The van der Waals surface area contributed by atoms with Gasteiger partial charge in [-0.25, -0.2) is 0 Å². The minimum atomic E-state index is 0.310. The number of aryl methyl sites for hydroxylation is 1. The number of aromatic hydroxyl groups is 1. The fourth-order valence-corrected chi connectivity index (χ4v) is 1.90. The average Bonchev–Trinajstić information content (AvgIpc) is 2.55. The lowest BCUT2D eigenvalue weighted by Gasteiger charge is -2.11. The van der Waals surface area contributed by atoms with Gasteiger partial charge in [-0.3, -0.25) is 0 Å². The molecule has 3 heteroatoms. The van der Waals surface area contributed by atoms with Crippen molar-refractivity contribution in [1.82, 2.24) is 9.88 Å². The Balaban J connectivity index is 2.64. The Kier molecular flexibility index (Phi) is 2.40. The predicted octanol–water partition coefficient (Wildman–Crippen LogP) is 2.16. The molecule has 0 spiro atoms. The van der Waals surface area contributed by atoms with Gasteiger partial charge in [0, 0.05) is 30.2 Å². The standard InChI is InChI=1S/C12H16N2O/c1-8(13-2)11-6-9-4-5-10(15)7-12(9)14(11)3/h4-8,13,15H,1-3H3. The van der Waals surface area contributed by atoms with Crippen LogP contribution in [0, 0.1) is 0 Å². The molecule has 1 aromatic heterocycles. The summed E-state index contributed by atoms with van der Waals surface area (Å²) in [5.74, 6) is 0.312. The Bertz CT molecular complexity index is 488. The van der Waals surface area contributed by atoms with Gasteiger partial charge in [-0.2, -0.15) is 0 Å². The Hall–Kier alpha value is -1.48. The van der Waals surface area contributed by atoms with E-state index in [1.165, 1.54) is 5.69 Å². The van der Waals surface area contributed by atoms with Crippen LogP contribution < -0.4 is 5.32 Å². The van der Waals surface area contributed by atoms with Gasteiger partial charge in [0.2, 0.25) is 0 Å². The molecule has 0 aliphatic carbocycles. The third kappa shape index (κ3) is 1.59. The topological polar surface area (TPSA) is 37.2 Å². The molecule has 1 unspecified atom stereocenters. The molecule has 0 saturated heterocycles. The number of phenolic OH excluding ortho intramolecular Hbond substituents is 1. The molecule has 3 nitrogen and oxygen atoms in total. The first kappa shape index (κ1) is 10.1. The minimum absolute atomic E-state index is 0.310. The van der Waals surface area contributed by atoms with Crippen molar-refractivity contribution in [3.63, 3.8) is 0 Å². The van der Waals surface area contributed by atoms with Gasteiger partial charge in [0.15, 0.2) is 0 Å². The fourth-order valence-electron chi connectivity index (χ4n) is 1.90. The van der Waals surface area contributed by atoms with Crippen molar-refractivity contribution in [2.24, 2.45) is 7.05 Å². The maximum atomic E-state index is 9.43. The number of nitrogens with zero attached hydrogens (tertiary/aromatic N) is 1. The summed E-state index contributed by atoms with van der Waals surface area (Å²) in [6, 6.07) is 7.91. The summed E-state index contributed by atoms with van der Waals surface area (Å²) < 4.78 is 2.11. The summed E-state index contributed by atoms with van der Waals surface area (Å²) in [5, 5.41) is 13.8. The summed E-state index contributed by atoms with van der Waals surface area (Å²) in [5.41, 5.74) is 2.28. The molecule has 1 heterocycles. The number of phenols is 1. The van der Waals surface area contributed by atoms with Crippen LogP contribution in [0.2, 0.25) is 0 Å². The second-order valence-corrected chi connectivity index (χ2v) is 3.88. The SMILES string of the molecule is CNC(C)c1cc2ccc(O)cc2n1C. The Morgan fingerprint density at radius 1 is 1.33 bits per heavy atom. The molecule has 2 aromatic rings. The van der Waals surface area contributed by atoms with E-state index < -0.39 is 0 Å². The Morgan fingerprint density at radius 3 is 2.73 bits per heavy atom. The summed E-state index contributed by atoms with van der Waals surface area (Å²) in [4.78, 5) is 0. The summed E-state index contributed by atoms with van der Waals surface area (Å²) in [7, 11) is 3.96. The lowest BCUT2D eigenvalue weighted by molar-refractivity contribution is 0.476. The minimum Gasteiger partial charge on any atom is -0.508 e. The molecule has 1 atom stereocenters. The molecule has 0 aliphatic heterocycles. The maximum Gasteiger partial charge on any atom is 0.117 e. The summed E-state index contributed by atoms with van der Waals surface area (Å²) in [6.45, 7) is 2.12. The highest BCUT2D eigenvalue weighted by Crippen LogP contribution is 2.25. The second kappa shape index (κ2) is 3.59. The smallest absolute Gasteiger partial charge is 0.117 e. The van der Waals surface area contributed by atoms with E-state index in [-0.39, 0.29) is 0 Å². The highest BCUT2D eigenvalue weighted by molar-refractivity contribution is 5.82. The molecule has 15 heavy (non-hydrogen) atoms. The monoisotopic (exact) mass is 204 g/mol. The molecule has 0 radical (unpaired) electrons. The van der Waals surface area contributed by atoms with Gasteiger partial charge in [-0.1, -0.05) is 0 Å². The zero-order valence-electron chi connectivity index (χ0n) is 9.28. The lowest BCUT2D eigenvalue weighted by atomic mass is 10.2. The normalized spacial score (nSPS) is 13.3. The van der Waals surface area contributed by atoms with Crippen LogP contribution >= 0.6 is 0 Å². The summed E-state index contributed by atoms with van der Waals surface area (Å²) >= 11 is 0. The molecule has 0 bridgehead atoms. The first-order valence-electron chi connectivity index (χ1n) is 5.09. The van der Waals surface area contributed by atoms with Crippen LogP contribution in [0.25, 0.3) is 10.9 Å². The van der Waals surface area contributed by atoms with E-state index in [0.29, 0.717) is 11.8 Å². The lowest BCUT2D eigenvalue weighted by Crippen LogP contribution is -2.15. The first-order chi connectivity index (χ1) is 7.13. The van der Waals surface area contributed by atoms with Crippen LogP contribution in [0.5, 0.6) is 5.75 Å². The van der Waals surface area contributed by atoms with E-state index in [1.807, 2.05) is 20.2 Å². The van der Waals surface area contributed by atoms with E-state index in [9.17, 15) is 5.11 Å². The van der Waals surface area contributed by atoms with Gasteiger partial charge in [-0.05, 0) is 32.2 Å². The van der Waals surface area contributed by atoms with Crippen LogP contribution in [0.1, 0.15) is 18.7 Å². The van der Waals surface area contributed by atoms with Gasteiger partial charge in [-0.15, -0.1) is 0 Å². The van der Waals surface area contributed by atoms with E-state index >= 15 is 0 Å². The number of rotatable bonds is 2. The van der Waals surface area contributed by atoms with Crippen molar-refractivity contribution in [2.75, 3.05) is 7.05 Å². The van der Waals surface area contributed by atoms with Crippen LogP contribution in [0.4, 0.5) is 0 Å². The van der Waals surface area contributed by atoms with Crippen molar-refractivity contribution in [2.45, 2.75) is 13.0 Å². The van der Waals surface area contributed by atoms with E-state index in [4.69, 9.17) is 0 Å². The van der Waals surface area contributed by atoms with Crippen molar-refractivity contribution >= 4 is 10.9 Å². The predicted molar refractivity (Wildman–Crippen MR) is 62.1 cm³/mol. The fraction of sp³-hybridized carbons (Fsp3) is 0.333. The van der Waals surface area contributed by atoms with Crippen molar-refractivity contribution < 1.29 is 5.11 Å². The highest BCUT2D eigenvalue weighted by Gasteiger charge is 2.10. The molecule has 80 valence electrons.